The van der Waals surface area contributed by atoms with Crippen LogP contribution in [-0.2, 0) is 49.3 Å². The number of Topliss-reactive ketones (excluding diaryl/α,β-unsaturated/α-hetero) is 1. The summed E-state index contributed by atoms with van der Waals surface area (Å²) in [5.74, 6) is -3.74. The van der Waals surface area contributed by atoms with Gasteiger partial charge in [0.15, 0.2) is 14.1 Å². The van der Waals surface area contributed by atoms with E-state index in [1.807, 2.05) is 30.3 Å². The van der Waals surface area contributed by atoms with E-state index in [0.717, 1.165) is 11.5 Å². The van der Waals surface area contributed by atoms with Crippen LogP contribution in [-0.4, -0.2) is 206 Å². The van der Waals surface area contributed by atoms with Crippen LogP contribution in [0.4, 0.5) is 4.79 Å². The first-order valence-electron chi connectivity index (χ1n) is 23.5. The Hall–Kier alpha value is -4.59. The molecule has 9 N–H and O–H groups in total. The summed E-state index contributed by atoms with van der Waals surface area (Å²) in [6.07, 6.45) is 3.06. The molecule has 3 saturated heterocycles. The largest absolute Gasteiger partial charge is 0.481 e. The maximum atomic E-state index is 11.8. The Kier molecular flexibility index (Phi) is 28.7. The van der Waals surface area contributed by atoms with Gasteiger partial charge in [-0.25, -0.2) is 4.79 Å². The lowest BCUT2D eigenvalue weighted by atomic mass is 10.1. The molecule has 22 nitrogen and oxygen atoms in total. The van der Waals surface area contributed by atoms with Gasteiger partial charge in [-0.15, -0.1) is 0 Å². The Morgan fingerprint density at radius 3 is 1.51 bits per heavy atom. The lowest BCUT2D eigenvalue weighted by molar-refractivity contribution is -0.148. The highest BCUT2D eigenvalue weighted by molar-refractivity contribution is 6.74. The molecule has 0 bridgehead atoms. The molecule has 1 aliphatic carbocycles. The first-order valence-corrected chi connectivity index (χ1v) is 26.4. The minimum atomic E-state index is -1.51. The predicted octanol–water partition coefficient (Wildman–Crippen LogP) is 1.28. The van der Waals surface area contributed by atoms with Gasteiger partial charge in [0.2, 0.25) is 11.8 Å². The third-order valence-electron chi connectivity index (χ3n) is 12.6. The molecule has 3 amide bonds. The molecule has 0 spiro atoms. The molecule has 23 heteroatoms. The highest BCUT2D eigenvalue weighted by Gasteiger charge is 2.41. The predicted molar refractivity (Wildman–Crippen MR) is 254 cm³/mol. The SMILES string of the molecule is CC[C@H]1CC[C@H](O[Si](C)(C)C(C)(C)C)C1.COC(=O)CC(=O)N1C[C@H](O)C[C@H]1CO.O=C(O)CC(=O)CO.O=C(O)CC(=O)N1C[C@H](O)C[C@H]1CO.O=C(OCc1ccccc1)N1C[C@H](O)C[C@H]1CO. The van der Waals surface area contributed by atoms with E-state index in [2.05, 4.69) is 45.5 Å². The number of ketones is 1. The van der Waals surface area contributed by atoms with E-state index in [0.29, 0.717) is 30.4 Å². The first kappa shape index (κ1) is 63.4. The molecule has 4 aliphatic rings. The number of nitrogens with zero attached hydrogens (tertiary/aromatic N) is 3. The van der Waals surface area contributed by atoms with Crippen molar-refractivity contribution >= 4 is 49.9 Å². The molecule has 0 unspecified atom stereocenters. The number of aliphatic carboxylic acids is 2. The molecule has 3 heterocycles. The number of esters is 1. The number of carboxylic acid groups (broad SMARTS) is 2. The lowest BCUT2D eigenvalue weighted by Crippen LogP contribution is -2.43. The van der Waals surface area contributed by atoms with E-state index in [9.17, 15) is 48.9 Å². The van der Waals surface area contributed by atoms with Gasteiger partial charge in [-0.05, 0) is 68.1 Å². The van der Waals surface area contributed by atoms with E-state index in [-0.39, 0.29) is 58.5 Å². The minimum Gasteiger partial charge on any atom is -0.481 e. The molecular weight excluding hydrogens is 939 g/mol. The number of ether oxygens (including phenoxy) is 2. The third kappa shape index (κ3) is 23.1. The van der Waals surface area contributed by atoms with Crippen LogP contribution in [0.25, 0.3) is 0 Å². The molecule has 4 fully saturated rings. The van der Waals surface area contributed by atoms with Gasteiger partial charge in [0.25, 0.3) is 0 Å². The monoisotopic (exact) mass is 1020 g/mol. The van der Waals surface area contributed by atoms with Gasteiger partial charge in [-0.1, -0.05) is 64.4 Å². The number of hydrogen-bond donors (Lipinski definition) is 9. The van der Waals surface area contributed by atoms with Crippen LogP contribution in [0.3, 0.4) is 0 Å². The van der Waals surface area contributed by atoms with Crippen molar-refractivity contribution in [3.05, 3.63) is 35.9 Å². The van der Waals surface area contributed by atoms with E-state index < -0.39 is 99.8 Å². The molecule has 5 rings (SSSR count). The van der Waals surface area contributed by atoms with Gasteiger partial charge in [0, 0.05) is 19.2 Å². The number of amides is 3. The third-order valence-corrected chi connectivity index (χ3v) is 17.1. The maximum absolute atomic E-state index is 11.8. The van der Waals surface area contributed by atoms with Crippen LogP contribution in [0.2, 0.25) is 18.1 Å². The zero-order valence-corrected chi connectivity index (χ0v) is 42.7. The number of aliphatic hydroxyl groups excluding tert-OH is 7. The second-order valence-electron chi connectivity index (χ2n) is 19.1. The number of carbonyl (C=O) groups excluding carboxylic acids is 5. The molecule has 8 atom stereocenters. The van der Waals surface area contributed by atoms with Crippen molar-refractivity contribution in [1.29, 1.82) is 0 Å². The van der Waals surface area contributed by atoms with Crippen molar-refractivity contribution in [2.75, 3.05) is 53.2 Å². The van der Waals surface area contributed by atoms with Crippen molar-refractivity contribution in [3.8, 4) is 0 Å². The Labute approximate surface area is 411 Å². The van der Waals surface area contributed by atoms with Gasteiger partial charge in [0.05, 0.1) is 69.9 Å². The van der Waals surface area contributed by atoms with Crippen LogP contribution in [0, 0.1) is 5.92 Å². The number of methoxy groups -OCH3 is 1. The van der Waals surface area contributed by atoms with Gasteiger partial charge in [-0.3, -0.25) is 28.8 Å². The standard InChI is InChI=1S/C13H17NO4.C13H28OSi.C9H15NO5.C8H13NO5.C4H6O4/c15-8-11-6-12(16)7-14(11)13(17)18-9-10-4-2-1-3-5-10;1-7-11-8-9-12(10-11)14-15(5,6)13(2,3)4;1-15-9(14)3-8(13)10-4-7(12)2-6(10)5-11;10-4-5-1-6(11)3-9(5)7(12)2-8(13)14;5-2-3(6)1-4(7)8/h1-5,11-12,15-16H,6-9H2;11-12H,7-10H2,1-6H3;6-7,11-12H,2-5H2,1H3;5-6,10-11H,1-4H2,(H,13,14);5H,1-2H2,(H,7,8)/t11-,12+;11-,12-;6-,7+;5-,6+;/m0000./s1. The molecule has 1 aromatic carbocycles. The van der Waals surface area contributed by atoms with Crippen molar-refractivity contribution in [2.45, 2.75) is 159 Å². The number of carbonyl (C=O) groups is 7. The summed E-state index contributed by atoms with van der Waals surface area (Å²) in [7, 11) is -0.306. The van der Waals surface area contributed by atoms with Crippen molar-refractivity contribution in [3.63, 3.8) is 0 Å². The minimum absolute atomic E-state index is 0.108. The number of rotatable bonds is 15. The first-order chi connectivity index (χ1) is 32.7. The van der Waals surface area contributed by atoms with Crippen LogP contribution in [0.5, 0.6) is 0 Å². The summed E-state index contributed by atoms with van der Waals surface area (Å²) in [4.78, 5) is 79.3. The lowest BCUT2D eigenvalue weighted by Gasteiger charge is -2.38. The van der Waals surface area contributed by atoms with E-state index in [1.165, 1.54) is 47.5 Å². The highest BCUT2D eigenvalue weighted by atomic mass is 28.4. The van der Waals surface area contributed by atoms with Gasteiger partial charge >= 0.3 is 24.0 Å². The van der Waals surface area contributed by atoms with Crippen LogP contribution in [0.15, 0.2) is 30.3 Å². The van der Waals surface area contributed by atoms with Gasteiger partial charge in [-0.2, -0.15) is 0 Å². The van der Waals surface area contributed by atoms with Crippen molar-refractivity contribution in [1.82, 2.24) is 14.7 Å². The number of aliphatic hydroxyl groups is 7. The van der Waals surface area contributed by atoms with Gasteiger partial charge in [0.1, 0.15) is 32.5 Å². The molecule has 0 aromatic heterocycles. The van der Waals surface area contributed by atoms with E-state index in [4.69, 9.17) is 39.8 Å². The maximum Gasteiger partial charge on any atom is 0.410 e. The van der Waals surface area contributed by atoms with Crippen LogP contribution >= 0.6 is 0 Å². The summed E-state index contributed by atoms with van der Waals surface area (Å²) >= 11 is 0. The van der Waals surface area contributed by atoms with E-state index >= 15 is 0 Å². The number of β-amino-alcohol motifs (C(OH)–C–C–N with tert-alkyl or cyclic N) is 3. The smallest absolute Gasteiger partial charge is 0.410 e. The Morgan fingerprint density at radius 2 is 1.13 bits per heavy atom. The number of likely N-dealkylation sites (tertiary alicyclic amines) is 3. The average Bonchev–Trinajstić information content (AvgIpc) is 4.11. The fourth-order valence-electron chi connectivity index (χ4n) is 7.68. The van der Waals surface area contributed by atoms with Crippen molar-refractivity contribution < 1.29 is 93.4 Å². The second-order valence-corrected chi connectivity index (χ2v) is 23.9. The second kappa shape index (κ2) is 31.7. The number of carboxylic acids is 2. The van der Waals surface area contributed by atoms with Gasteiger partial charge < -0.3 is 74.6 Å². The molecule has 70 heavy (non-hydrogen) atoms. The summed E-state index contributed by atoms with van der Waals surface area (Å²) in [6, 6.07) is 8.20. The quantitative estimate of drug-likeness (QED) is 0.0679. The molecule has 3 aliphatic heterocycles. The zero-order valence-electron chi connectivity index (χ0n) is 41.7. The highest BCUT2D eigenvalue weighted by Crippen LogP contribution is 2.40. The summed E-state index contributed by atoms with van der Waals surface area (Å²) in [6.45, 7) is 13.4. The molecule has 0 radical (unpaired) electrons. The van der Waals surface area contributed by atoms with Crippen LogP contribution < -0.4 is 0 Å². The molecular formula is C47H79N3O19Si. The number of hydrogen-bond acceptors (Lipinski definition) is 17. The summed E-state index contributed by atoms with van der Waals surface area (Å²) < 4.78 is 16.0. The summed E-state index contributed by atoms with van der Waals surface area (Å²) in [5, 5.41) is 79.6. The Morgan fingerprint density at radius 1 is 0.671 bits per heavy atom. The fraction of sp³-hybridized carbons (Fsp3) is 0.723. The summed E-state index contributed by atoms with van der Waals surface area (Å²) in [5.41, 5.74) is 0.908. The fourth-order valence-corrected chi connectivity index (χ4v) is 9.09. The zero-order chi connectivity index (χ0) is 53.4. The molecule has 1 saturated carbocycles. The molecule has 400 valence electrons. The van der Waals surface area contributed by atoms with E-state index in [1.54, 1.807) is 0 Å². The average molecular weight is 1020 g/mol. The normalized spacial score (nSPS) is 23.8. The molecule has 1 aromatic rings. The Balaban J connectivity index is 0.000000446. The van der Waals surface area contributed by atoms with Crippen LogP contribution in [0.1, 0.15) is 97.5 Å². The Bertz CT molecular complexity index is 1780. The topological polar surface area (TPSA) is 339 Å². The van der Waals surface area contributed by atoms with Crippen molar-refractivity contribution in [2.24, 2.45) is 5.92 Å². The number of benzene rings is 1.